The number of amides is 1. The number of aliphatic carboxylic acids is 1. The van der Waals surface area contributed by atoms with E-state index in [4.69, 9.17) is 9.84 Å². The van der Waals surface area contributed by atoms with E-state index in [1.54, 1.807) is 6.92 Å². The number of carbonyl (C=O) groups excluding carboxylic acids is 1. The molecule has 1 aliphatic rings. The lowest BCUT2D eigenvalue weighted by molar-refractivity contribution is -0.141. The van der Waals surface area contributed by atoms with Crippen molar-refractivity contribution in [1.29, 1.82) is 0 Å². The Morgan fingerprint density at radius 2 is 2.22 bits per heavy atom. The molecule has 2 N–H and O–H groups in total. The third-order valence-corrected chi connectivity index (χ3v) is 3.36. The Kier molecular flexibility index (Phi) is 6.72. The van der Waals surface area contributed by atoms with Crippen molar-refractivity contribution in [3.05, 3.63) is 0 Å². The summed E-state index contributed by atoms with van der Waals surface area (Å²) in [6.45, 7) is 2.82. The van der Waals surface area contributed by atoms with Gasteiger partial charge in [-0.1, -0.05) is 6.92 Å². The normalized spacial score (nSPS) is 21.3. The topological polar surface area (TPSA) is 75.6 Å². The lowest BCUT2D eigenvalue weighted by atomic mass is 10.0. The van der Waals surface area contributed by atoms with E-state index in [1.165, 1.54) is 6.42 Å². The van der Waals surface area contributed by atoms with E-state index in [1.807, 2.05) is 0 Å². The number of carbonyl (C=O) groups is 2. The Balaban J connectivity index is 2.14. The van der Waals surface area contributed by atoms with Crippen molar-refractivity contribution >= 4 is 11.9 Å². The Bertz CT molecular complexity index is 274. The van der Waals surface area contributed by atoms with Gasteiger partial charge >= 0.3 is 5.97 Å². The summed E-state index contributed by atoms with van der Waals surface area (Å²) >= 11 is 0. The third-order valence-electron chi connectivity index (χ3n) is 3.36. The molecular formula is C13H23NO4. The first-order valence-electron chi connectivity index (χ1n) is 6.74. The van der Waals surface area contributed by atoms with Gasteiger partial charge in [-0.05, 0) is 32.1 Å². The van der Waals surface area contributed by atoms with Gasteiger partial charge in [-0.2, -0.15) is 0 Å². The number of rotatable bonds is 7. The molecule has 0 aromatic carbocycles. The minimum atomic E-state index is -0.853. The fourth-order valence-corrected chi connectivity index (χ4v) is 2.06. The number of hydrogen-bond acceptors (Lipinski definition) is 3. The van der Waals surface area contributed by atoms with Crippen molar-refractivity contribution in [2.75, 3.05) is 13.2 Å². The van der Waals surface area contributed by atoms with Crippen LogP contribution in [0.4, 0.5) is 0 Å². The van der Waals surface area contributed by atoms with Crippen LogP contribution in [0.5, 0.6) is 0 Å². The first kappa shape index (κ1) is 15.0. The van der Waals surface area contributed by atoms with Crippen molar-refractivity contribution in [2.45, 2.75) is 51.6 Å². The zero-order chi connectivity index (χ0) is 13.4. The van der Waals surface area contributed by atoms with Gasteiger partial charge in [0, 0.05) is 19.6 Å². The monoisotopic (exact) mass is 257 g/mol. The maximum absolute atomic E-state index is 11.6. The van der Waals surface area contributed by atoms with Crippen LogP contribution in [0.1, 0.15) is 45.4 Å². The van der Waals surface area contributed by atoms with Gasteiger partial charge < -0.3 is 15.2 Å². The molecule has 0 spiro atoms. The second kappa shape index (κ2) is 8.08. The lowest BCUT2D eigenvalue weighted by Crippen LogP contribution is -2.33. The molecule has 2 unspecified atom stereocenters. The summed E-state index contributed by atoms with van der Waals surface area (Å²) in [6, 6.07) is 0. The molecule has 1 saturated heterocycles. The maximum Gasteiger partial charge on any atom is 0.308 e. The van der Waals surface area contributed by atoms with Crippen LogP contribution in [-0.2, 0) is 14.3 Å². The summed E-state index contributed by atoms with van der Waals surface area (Å²) in [5, 5.41) is 11.5. The molecule has 2 atom stereocenters. The van der Waals surface area contributed by atoms with Gasteiger partial charge in [0.25, 0.3) is 0 Å². The highest BCUT2D eigenvalue weighted by Gasteiger charge is 2.18. The van der Waals surface area contributed by atoms with Crippen LogP contribution in [0.2, 0.25) is 0 Å². The molecule has 1 aliphatic heterocycles. The predicted octanol–water partition coefficient (Wildman–Crippen LogP) is 1.56. The third kappa shape index (κ3) is 5.49. The highest BCUT2D eigenvalue weighted by molar-refractivity contribution is 5.77. The molecule has 1 heterocycles. The molecule has 104 valence electrons. The number of hydrogen-bond donors (Lipinski definition) is 2. The summed E-state index contributed by atoms with van der Waals surface area (Å²) < 4.78 is 5.54. The van der Waals surface area contributed by atoms with Crippen molar-refractivity contribution in [3.8, 4) is 0 Å². The van der Waals surface area contributed by atoms with E-state index in [9.17, 15) is 9.59 Å². The lowest BCUT2D eigenvalue weighted by Gasteiger charge is -2.22. The molecule has 1 amide bonds. The second-order valence-electron chi connectivity index (χ2n) is 4.77. The maximum atomic E-state index is 11.6. The van der Waals surface area contributed by atoms with Gasteiger partial charge in [0.15, 0.2) is 0 Å². The quantitative estimate of drug-likeness (QED) is 0.725. The molecule has 0 bridgehead atoms. The molecular weight excluding hydrogens is 234 g/mol. The minimum absolute atomic E-state index is 0.0797. The second-order valence-corrected chi connectivity index (χ2v) is 4.77. The molecule has 0 radical (unpaired) electrons. The average Bonchev–Trinajstić information content (AvgIpc) is 2.38. The van der Waals surface area contributed by atoms with E-state index in [0.717, 1.165) is 25.9 Å². The molecule has 0 aromatic rings. The van der Waals surface area contributed by atoms with Gasteiger partial charge in [-0.15, -0.1) is 0 Å². The molecule has 5 nitrogen and oxygen atoms in total. The van der Waals surface area contributed by atoms with Crippen LogP contribution >= 0.6 is 0 Å². The van der Waals surface area contributed by atoms with Gasteiger partial charge in [0.2, 0.25) is 5.91 Å². The Labute approximate surface area is 108 Å². The molecule has 1 fully saturated rings. The molecule has 1 rings (SSSR count). The smallest absolute Gasteiger partial charge is 0.308 e. The first-order chi connectivity index (χ1) is 8.63. The van der Waals surface area contributed by atoms with Crippen LogP contribution in [0, 0.1) is 5.92 Å². The zero-order valence-electron chi connectivity index (χ0n) is 11.0. The van der Waals surface area contributed by atoms with E-state index >= 15 is 0 Å². The number of carboxylic acid groups (broad SMARTS) is 1. The SMILES string of the molecule is CCC(CNC(=O)CCC1CCCCO1)C(=O)O. The van der Waals surface area contributed by atoms with E-state index in [0.29, 0.717) is 12.8 Å². The number of ether oxygens (including phenoxy) is 1. The van der Waals surface area contributed by atoms with Crippen molar-refractivity contribution < 1.29 is 19.4 Å². The fraction of sp³-hybridized carbons (Fsp3) is 0.846. The summed E-state index contributed by atoms with van der Waals surface area (Å²) in [4.78, 5) is 22.3. The molecule has 0 saturated carbocycles. The van der Waals surface area contributed by atoms with Gasteiger partial charge in [0.1, 0.15) is 0 Å². The summed E-state index contributed by atoms with van der Waals surface area (Å²) in [7, 11) is 0. The van der Waals surface area contributed by atoms with E-state index in [-0.39, 0.29) is 18.6 Å². The predicted molar refractivity (Wildman–Crippen MR) is 67.3 cm³/mol. The Morgan fingerprint density at radius 1 is 1.44 bits per heavy atom. The Hall–Kier alpha value is -1.10. The van der Waals surface area contributed by atoms with Crippen LogP contribution < -0.4 is 5.32 Å². The van der Waals surface area contributed by atoms with Gasteiger partial charge in [0.05, 0.1) is 12.0 Å². The van der Waals surface area contributed by atoms with Gasteiger partial charge in [-0.25, -0.2) is 0 Å². The first-order valence-corrected chi connectivity index (χ1v) is 6.74. The minimum Gasteiger partial charge on any atom is -0.481 e. The van der Waals surface area contributed by atoms with E-state index in [2.05, 4.69) is 5.32 Å². The van der Waals surface area contributed by atoms with Crippen molar-refractivity contribution in [2.24, 2.45) is 5.92 Å². The average molecular weight is 257 g/mol. The highest BCUT2D eigenvalue weighted by atomic mass is 16.5. The molecule has 5 heteroatoms. The molecule has 0 aliphatic carbocycles. The summed E-state index contributed by atoms with van der Waals surface area (Å²) in [6.07, 6.45) is 5.19. The summed E-state index contributed by atoms with van der Waals surface area (Å²) in [5.74, 6) is -1.42. The summed E-state index contributed by atoms with van der Waals surface area (Å²) in [5.41, 5.74) is 0. The number of carboxylic acids is 1. The molecule has 18 heavy (non-hydrogen) atoms. The zero-order valence-corrected chi connectivity index (χ0v) is 11.0. The molecule has 0 aromatic heterocycles. The highest BCUT2D eigenvalue weighted by Crippen LogP contribution is 2.16. The van der Waals surface area contributed by atoms with Crippen LogP contribution in [0.15, 0.2) is 0 Å². The van der Waals surface area contributed by atoms with Crippen LogP contribution in [-0.4, -0.2) is 36.2 Å². The fourth-order valence-electron chi connectivity index (χ4n) is 2.06. The van der Waals surface area contributed by atoms with Crippen molar-refractivity contribution in [1.82, 2.24) is 5.32 Å². The number of nitrogens with one attached hydrogen (secondary N) is 1. The standard InChI is InChI=1S/C13H23NO4/c1-2-10(13(16)17)9-14-12(15)7-6-11-5-3-4-8-18-11/h10-11H,2-9H2,1H3,(H,14,15)(H,16,17). The van der Waals surface area contributed by atoms with E-state index < -0.39 is 11.9 Å². The largest absolute Gasteiger partial charge is 0.481 e. The van der Waals surface area contributed by atoms with Crippen molar-refractivity contribution in [3.63, 3.8) is 0 Å². The van der Waals surface area contributed by atoms with Crippen LogP contribution in [0.3, 0.4) is 0 Å². The van der Waals surface area contributed by atoms with Gasteiger partial charge in [-0.3, -0.25) is 9.59 Å². The Morgan fingerprint density at radius 3 is 2.78 bits per heavy atom. The van der Waals surface area contributed by atoms with Crippen LogP contribution in [0.25, 0.3) is 0 Å².